The lowest BCUT2D eigenvalue weighted by Gasteiger charge is -2.10. The van der Waals surface area contributed by atoms with Crippen LogP contribution in [0.5, 0.6) is 10.9 Å². The lowest BCUT2D eigenvalue weighted by atomic mass is 10.1. The molecule has 7 nitrogen and oxygen atoms in total. The van der Waals surface area contributed by atoms with Crippen LogP contribution in [0.4, 0.5) is 4.39 Å². The maximum Gasteiger partial charge on any atom is 0.299 e. The first kappa shape index (κ1) is 19.4. The van der Waals surface area contributed by atoms with E-state index in [1.807, 2.05) is 31.2 Å². The molecule has 0 unspecified atom stereocenters. The van der Waals surface area contributed by atoms with Crippen molar-refractivity contribution in [1.82, 2.24) is 14.7 Å². The minimum atomic E-state index is -1.15. The van der Waals surface area contributed by atoms with E-state index >= 15 is 0 Å². The molecule has 0 atom stereocenters. The predicted molar refractivity (Wildman–Crippen MR) is 104 cm³/mol. The van der Waals surface area contributed by atoms with Crippen LogP contribution < -0.4 is 10.1 Å². The second-order valence-corrected chi connectivity index (χ2v) is 6.32. The Morgan fingerprint density at radius 2 is 1.96 bits per heavy atom. The minimum absolute atomic E-state index is 0.112. The van der Waals surface area contributed by atoms with Crippen molar-refractivity contribution in [1.29, 1.82) is 0 Å². The number of amides is 1. The molecule has 0 spiro atoms. The molecule has 0 bridgehead atoms. The van der Waals surface area contributed by atoms with Gasteiger partial charge in [-0.15, -0.1) is 0 Å². The molecule has 1 aromatic heterocycles. The normalized spacial score (nSPS) is 11.2. The van der Waals surface area contributed by atoms with Gasteiger partial charge in [0.15, 0.2) is 11.5 Å². The average molecular weight is 400 g/mol. The van der Waals surface area contributed by atoms with Crippen molar-refractivity contribution >= 4 is 23.2 Å². The highest BCUT2D eigenvalue weighted by atomic mass is 32.1. The molecule has 0 saturated carbocycles. The highest BCUT2D eigenvalue weighted by Gasteiger charge is 2.20. The van der Waals surface area contributed by atoms with Crippen molar-refractivity contribution in [2.24, 2.45) is 5.16 Å². The summed E-state index contributed by atoms with van der Waals surface area (Å²) in [5.74, 6) is 0.319. The molecule has 9 heteroatoms. The number of alkyl halides is 1. The molecule has 0 aliphatic carbocycles. The van der Waals surface area contributed by atoms with Crippen molar-refractivity contribution in [2.75, 3.05) is 13.9 Å². The first-order valence-corrected chi connectivity index (χ1v) is 9.05. The molecule has 28 heavy (non-hydrogen) atoms. The van der Waals surface area contributed by atoms with Crippen LogP contribution >= 0.6 is 11.5 Å². The molecule has 3 aromatic rings. The average Bonchev–Trinajstić information content (AvgIpc) is 3.18. The van der Waals surface area contributed by atoms with Gasteiger partial charge in [0.25, 0.3) is 18.0 Å². The molecule has 3 rings (SSSR count). The summed E-state index contributed by atoms with van der Waals surface area (Å²) in [6.45, 7) is 0.849. The SMILES string of the molecule is CNC(=O)C(=NOCF)c1ccccc1Oc1nc(-c2ccc(C)cc2)ns1. The van der Waals surface area contributed by atoms with Gasteiger partial charge in [0.1, 0.15) is 5.75 Å². The van der Waals surface area contributed by atoms with Crippen LogP contribution in [0.2, 0.25) is 0 Å². The van der Waals surface area contributed by atoms with Gasteiger partial charge in [0.2, 0.25) is 0 Å². The summed E-state index contributed by atoms with van der Waals surface area (Å²) in [6, 6.07) is 14.5. The summed E-state index contributed by atoms with van der Waals surface area (Å²) in [4.78, 5) is 20.9. The van der Waals surface area contributed by atoms with Gasteiger partial charge < -0.3 is 14.9 Å². The van der Waals surface area contributed by atoms with Crippen LogP contribution in [-0.2, 0) is 9.63 Å². The minimum Gasteiger partial charge on any atom is -0.429 e. The van der Waals surface area contributed by atoms with Gasteiger partial charge in [-0.05, 0) is 19.1 Å². The number of rotatable bonds is 7. The third-order valence-electron chi connectivity index (χ3n) is 3.70. The van der Waals surface area contributed by atoms with E-state index in [0.29, 0.717) is 22.3 Å². The summed E-state index contributed by atoms with van der Waals surface area (Å²) in [7, 11) is 1.44. The number of aryl methyl sites for hydroxylation is 1. The van der Waals surface area contributed by atoms with Crippen LogP contribution in [-0.4, -0.2) is 34.9 Å². The summed E-state index contributed by atoms with van der Waals surface area (Å²) in [6.07, 6.45) is 0. The molecular weight excluding hydrogens is 383 g/mol. The van der Waals surface area contributed by atoms with E-state index in [1.54, 1.807) is 24.3 Å². The monoisotopic (exact) mass is 400 g/mol. The van der Waals surface area contributed by atoms with E-state index < -0.39 is 12.8 Å². The van der Waals surface area contributed by atoms with E-state index in [9.17, 15) is 9.18 Å². The van der Waals surface area contributed by atoms with Gasteiger partial charge in [-0.3, -0.25) is 4.79 Å². The lowest BCUT2D eigenvalue weighted by molar-refractivity contribution is -0.114. The van der Waals surface area contributed by atoms with Crippen LogP contribution in [0.3, 0.4) is 0 Å². The number of para-hydroxylation sites is 1. The van der Waals surface area contributed by atoms with Crippen molar-refractivity contribution in [2.45, 2.75) is 6.92 Å². The summed E-state index contributed by atoms with van der Waals surface area (Å²) < 4.78 is 22.5. The number of ether oxygens (including phenoxy) is 1. The number of likely N-dealkylation sites (N-methyl/N-ethyl adjacent to an activating group) is 1. The smallest absolute Gasteiger partial charge is 0.299 e. The largest absolute Gasteiger partial charge is 0.429 e. The third kappa shape index (κ3) is 4.49. The Hall–Kier alpha value is -3.33. The van der Waals surface area contributed by atoms with Crippen molar-refractivity contribution < 1.29 is 18.8 Å². The number of nitrogens with zero attached hydrogens (tertiary/aromatic N) is 3. The molecule has 0 saturated heterocycles. The number of carbonyl (C=O) groups excluding carboxylic acids is 1. The van der Waals surface area contributed by atoms with E-state index in [2.05, 4.69) is 24.7 Å². The Bertz CT molecular complexity index is 989. The standard InChI is InChI=1S/C19H17FN4O3S/c1-12-7-9-13(10-8-12)17-22-19(28-24-17)27-15-6-4-3-5-14(15)16(18(25)21-2)23-26-11-20/h3-10H,11H2,1-2H3,(H,21,25). The lowest BCUT2D eigenvalue weighted by Crippen LogP contribution is -2.29. The van der Waals surface area contributed by atoms with Crippen LogP contribution in [0.15, 0.2) is 53.7 Å². The highest BCUT2D eigenvalue weighted by Crippen LogP contribution is 2.29. The molecule has 0 aliphatic heterocycles. The summed E-state index contributed by atoms with van der Waals surface area (Å²) >= 11 is 1.08. The van der Waals surface area contributed by atoms with E-state index in [0.717, 1.165) is 22.7 Å². The Balaban J connectivity index is 1.89. The van der Waals surface area contributed by atoms with Gasteiger partial charge in [0.05, 0.1) is 5.56 Å². The predicted octanol–water partition coefficient (Wildman–Crippen LogP) is 3.70. The number of nitrogens with one attached hydrogen (secondary N) is 1. The molecule has 144 valence electrons. The quantitative estimate of drug-likeness (QED) is 0.483. The highest BCUT2D eigenvalue weighted by molar-refractivity contribution is 7.07. The maximum absolute atomic E-state index is 12.4. The number of carbonyl (C=O) groups is 1. The zero-order valence-electron chi connectivity index (χ0n) is 15.2. The second-order valence-electron chi connectivity index (χ2n) is 5.61. The van der Waals surface area contributed by atoms with Crippen molar-refractivity contribution in [3.05, 3.63) is 59.7 Å². The Kier molecular flexibility index (Phi) is 6.28. The molecule has 1 amide bonds. The number of hydrogen-bond donors (Lipinski definition) is 1. The third-order valence-corrected chi connectivity index (χ3v) is 4.30. The van der Waals surface area contributed by atoms with Crippen LogP contribution in [0.25, 0.3) is 11.4 Å². The maximum atomic E-state index is 12.4. The number of oxime groups is 1. The van der Waals surface area contributed by atoms with Gasteiger partial charge in [-0.1, -0.05) is 47.1 Å². The molecule has 1 N–H and O–H groups in total. The Morgan fingerprint density at radius 1 is 1.21 bits per heavy atom. The summed E-state index contributed by atoms with van der Waals surface area (Å²) in [5, 5.41) is 6.30. The van der Waals surface area contributed by atoms with Gasteiger partial charge in [0, 0.05) is 24.1 Å². The fraction of sp³-hybridized carbons (Fsp3) is 0.158. The second kappa shape index (κ2) is 9.05. The number of halogens is 1. The fourth-order valence-corrected chi connectivity index (χ4v) is 2.90. The Labute approximate surface area is 165 Å². The fourth-order valence-electron chi connectivity index (χ4n) is 2.34. The van der Waals surface area contributed by atoms with Gasteiger partial charge in [-0.2, -0.15) is 9.36 Å². The van der Waals surface area contributed by atoms with Gasteiger partial charge >= 0.3 is 0 Å². The molecule has 2 aromatic carbocycles. The first-order chi connectivity index (χ1) is 13.6. The Morgan fingerprint density at radius 3 is 2.68 bits per heavy atom. The zero-order valence-corrected chi connectivity index (χ0v) is 16.0. The molecule has 0 fully saturated rings. The topological polar surface area (TPSA) is 85.7 Å². The van der Waals surface area contributed by atoms with Crippen LogP contribution in [0, 0.1) is 6.92 Å². The molecule has 0 radical (unpaired) electrons. The molecular formula is C19H17FN4O3S. The number of aromatic nitrogens is 2. The summed E-state index contributed by atoms with van der Waals surface area (Å²) in [5.41, 5.74) is 2.23. The zero-order chi connectivity index (χ0) is 19.9. The van der Waals surface area contributed by atoms with E-state index in [4.69, 9.17) is 4.74 Å². The van der Waals surface area contributed by atoms with E-state index in [1.165, 1.54) is 7.05 Å². The van der Waals surface area contributed by atoms with Crippen molar-refractivity contribution in [3.63, 3.8) is 0 Å². The molecule has 1 heterocycles. The van der Waals surface area contributed by atoms with Crippen molar-refractivity contribution in [3.8, 4) is 22.3 Å². The number of hydrogen-bond acceptors (Lipinski definition) is 7. The van der Waals surface area contributed by atoms with Gasteiger partial charge in [-0.25, -0.2) is 4.39 Å². The number of benzene rings is 2. The first-order valence-electron chi connectivity index (χ1n) is 8.28. The molecule has 0 aliphatic rings. The van der Waals surface area contributed by atoms with E-state index in [-0.39, 0.29) is 5.71 Å². The van der Waals surface area contributed by atoms with Crippen LogP contribution in [0.1, 0.15) is 11.1 Å².